The molecule has 7 aromatic carbocycles. The van der Waals surface area contributed by atoms with Crippen LogP contribution in [0.5, 0.6) is 0 Å². The van der Waals surface area contributed by atoms with Crippen molar-refractivity contribution in [2.45, 2.75) is 11.2 Å². The summed E-state index contributed by atoms with van der Waals surface area (Å²) in [4.78, 5) is 4.49. The van der Waals surface area contributed by atoms with Crippen LogP contribution in [-0.4, -0.2) is 46.2 Å². The fraction of sp³-hybridized carbons (Fsp3) is 0.0513. The predicted molar refractivity (Wildman–Crippen MR) is 187 cm³/mol. The third kappa shape index (κ3) is 4.28. The summed E-state index contributed by atoms with van der Waals surface area (Å²) in [5.41, 5.74) is 0.0877. The molecule has 4 radical (unpaired) electrons. The average Bonchev–Trinajstić information content (AvgIpc) is 3.47. The topological polar surface area (TPSA) is 78.5 Å². The Labute approximate surface area is 267 Å². The molecule has 0 spiro atoms. The van der Waals surface area contributed by atoms with Gasteiger partial charge in [-0.05, 0) is 78.8 Å². The molecule has 0 aliphatic carbocycles. The number of rotatable bonds is 5. The molecule has 0 bridgehead atoms. The third-order valence-electron chi connectivity index (χ3n) is 8.85. The van der Waals surface area contributed by atoms with Crippen molar-refractivity contribution in [3.05, 3.63) is 145 Å². The lowest BCUT2D eigenvalue weighted by Crippen LogP contribution is -2.54. The number of fused-ring (bicyclic) bond motifs is 4. The monoisotopic (exact) mass is 592 g/mol. The summed E-state index contributed by atoms with van der Waals surface area (Å²) in [6.45, 7) is 0. The first-order valence-electron chi connectivity index (χ1n) is 15.0. The van der Waals surface area contributed by atoms with Gasteiger partial charge in [-0.2, -0.15) is 0 Å². The maximum Gasteiger partial charge on any atom is 0.157 e. The molecule has 1 heterocycles. The van der Waals surface area contributed by atoms with E-state index in [0.29, 0.717) is 16.7 Å². The fourth-order valence-corrected chi connectivity index (χ4v) is 6.68. The van der Waals surface area contributed by atoms with Crippen LogP contribution in [0.1, 0.15) is 5.82 Å². The van der Waals surface area contributed by atoms with Crippen LogP contribution in [0.3, 0.4) is 0 Å². The summed E-state index contributed by atoms with van der Waals surface area (Å²) in [6, 6.07) is 46.8. The first kappa shape index (κ1) is 28.3. The standard InChI is InChI=1S/C39H26B2N2O3/c40-38(44,39(41,45)46)37-42-33-21-7-8-22-34(33)43(37)26-14-9-13-25(23-26)35-29-16-3-5-18-31(29)36(32-19-6-4-17-30(32)35)28-20-10-12-24-11-1-2-15-27(24)28/h1-23,44-46H. The summed E-state index contributed by atoms with van der Waals surface area (Å²) < 4.78 is 1.61. The maximum absolute atomic E-state index is 11.1. The number of benzene rings is 7. The zero-order chi connectivity index (χ0) is 31.6. The molecule has 1 atom stereocenters. The Morgan fingerprint density at radius 2 is 1.09 bits per heavy atom. The van der Waals surface area contributed by atoms with Crippen LogP contribution in [0.4, 0.5) is 0 Å². The van der Waals surface area contributed by atoms with Crippen molar-refractivity contribution < 1.29 is 15.3 Å². The van der Waals surface area contributed by atoms with E-state index in [2.05, 4.69) is 96.0 Å². The van der Waals surface area contributed by atoms with E-state index in [1.165, 1.54) is 21.9 Å². The Balaban J connectivity index is 1.43. The lowest BCUT2D eigenvalue weighted by atomic mass is 9.65. The quantitative estimate of drug-likeness (QED) is 0.115. The number of aromatic nitrogens is 2. The Kier molecular flexibility index (Phi) is 6.41. The number of hydrogen-bond acceptors (Lipinski definition) is 4. The average molecular weight is 592 g/mol. The summed E-state index contributed by atoms with van der Waals surface area (Å²) in [7, 11) is 11.6. The second kappa shape index (κ2) is 10.4. The highest BCUT2D eigenvalue weighted by Gasteiger charge is 2.44. The Bertz CT molecular complexity index is 2400. The van der Waals surface area contributed by atoms with Crippen molar-refractivity contribution in [2.24, 2.45) is 0 Å². The third-order valence-corrected chi connectivity index (χ3v) is 8.85. The van der Waals surface area contributed by atoms with Gasteiger partial charge in [-0.25, -0.2) is 4.98 Å². The molecule has 0 amide bonds. The summed E-state index contributed by atoms with van der Waals surface area (Å²) in [5, 5.41) is 38.4. The summed E-state index contributed by atoms with van der Waals surface area (Å²) >= 11 is 0. The minimum Gasteiger partial charge on any atom is -0.387 e. The molecule has 0 saturated heterocycles. The van der Waals surface area contributed by atoms with Gasteiger partial charge in [-0.1, -0.05) is 115 Å². The van der Waals surface area contributed by atoms with Gasteiger partial charge in [0, 0.05) is 5.69 Å². The van der Waals surface area contributed by atoms with E-state index >= 15 is 0 Å². The fourth-order valence-electron chi connectivity index (χ4n) is 6.68. The lowest BCUT2D eigenvalue weighted by Gasteiger charge is -2.35. The molecule has 0 aliphatic heterocycles. The molecule has 8 rings (SSSR count). The zero-order valence-corrected chi connectivity index (χ0v) is 24.7. The molecule has 0 fully saturated rings. The van der Waals surface area contributed by atoms with Crippen molar-refractivity contribution in [3.63, 3.8) is 0 Å². The highest BCUT2D eigenvalue weighted by molar-refractivity contribution is 6.25. The Morgan fingerprint density at radius 3 is 1.76 bits per heavy atom. The van der Waals surface area contributed by atoms with Crippen LogP contribution in [0.2, 0.25) is 0 Å². The highest BCUT2D eigenvalue weighted by atomic mass is 16.5. The van der Waals surface area contributed by atoms with E-state index in [4.69, 9.17) is 15.7 Å². The molecule has 216 valence electrons. The van der Waals surface area contributed by atoms with Gasteiger partial charge in [-0.3, -0.25) is 4.57 Å². The van der Waals surface area contributed by atoms with Gasteiger partial charge in [0.15, 0.2) is 7.85 Å². The maximum atomic E-state index is 11.1. The van der Waals surface area contributed by atoms with Crippen LogP contribution in [0.25, 0.3) is 71.3 Å². The predicted octanol–water partition coefficient (Wildman–Crippen LogP) is 6.94. The largest absolute Gasteiger partial charge is 0.387 e. The minimum atomic E-state index is -3.16. The van der Waals surface area contributed by atoms with E-state index in [0.717, 1.165) is 32.7 Å². The number of nitrogens with zero attached hydrogens (tertiary/aromatic N) is 2. The van der Waals surface area contributed by atoms with Crippen molar-refractivity contribution in [3.8, 4) is 27.9 Å². The zero-order valence-electron chi connectivity index (χ0n) is 24.7. The van der Waals surface area contributed by atoms with Gasteiger partial charge in [0.1, 0.15) is 24.9 Å². The van der Waals surface area contributed by atoms with Crippen LogP contribution < -0.4 is 0 Å². The number of aliphatic hydroxyl groups is 3. The van der Waals surface area contributed by atoms with Crippen LogP contribution in [0, 0.1) is 0 Å². The van der Waals surface area contributed by atoms with Gasteiger partial charge < -0.3 is 15.3 Å². The van der Waals surface area contributed by atoms with E-state index in [1.54, 1.807) is 16.7 Å². The Hall–Kier alpha value is -5.20. The number of para-hydroxylation sites is 2. The molecule has 5 nitrogen and oxygen atoms in total. The SMILES string of the molecule is [B]C(O)(O)C([B])(O)c1nc2ccccc2n1-c1cccc(-c2c3ccccc3c(-c3cccc4ccccc34)c3ccccc23)c1. The molecule has 46 heavy (non-hydrogen) atoms. The minimum absolute atomic E-state index is 0.209. The van der Waals surface area contributed by atoms with Crippen LogP contribution in [0.15, 0.2) is 140 Å². The molecule has 0 saturated carbocycles. The van der Waals surface area contributed by atoms with Gasteiger partial charge in [0.25, 0.3) is 0 Å². The highest BCUT2D eigenvalue weighted by Crippen LogP contribution is 2.45. The smallest absolute Gasteiger partial charge is 0.157 e. The van der Waals surface area contributed by atoms with E-state index in [9.17, 15) is 15.3 Å². The Morgan fingerprint density at radius 1 is 0.543 bits per heavy atom. The van der Waals surface area contributed by atoms with Crippen LogP contribution in [-0.2, 0) is 5.50 Å². The van der Waals surface area contributed by atoms with Crippen molar-refractivity contribution in [2.75, 3.05) is 0 Å². The summed E-state index contributed by atoms with van der Waals surface area (Å²) in [5.74, 6) is -0.209. The molecule has 3 N–H and O–H groups in total. The normalized spacial score (nSPS) is 13.5. The van der Waals surface area contributed by atoms with Gasteiger partial charge in [-0.15, -0.1) is 0 Å². The van der Waals surface area contributed by atoms with Gasteiger partial charge in [0.05, 0.1) is 11.0 Å². The number of hydrogen-bond donors (Lipinski definition) is 3. The lowest BCUT2D eigenvalue weighted by molar-refractivity contribution is -0.188. The van der Waals surface area contributed by atoms with Crippen molar-refractivity contribution in [1.82, 2.24) is 9.55 Å². The molecule has 8 aromatic rings. The molecular weight excluding hydrogens is 566 g/mol. The second-order valence-corrected chi connectivity index (χ2v) is 11.7. The molecule has 7 heteroatoms. The summed E-state index contributed by atoms with van der Waals surface area (Å²) in [6.07, 6.45) is 0. The molecule has 1 aromatic heterocycles. The van der Waals surface area contributed by atoms with E-state index in [-0.39, 0.29) is 5.82 Å². The second-order valence-electron chi connectivity index (χ2n) is 11.7. The van der Waals surface area contributed by atoms with E-state index in [1.807, 2.05) is 36.4 Å². The first-order valence-corrected chi connectivity index (χ1v) is 15.0. The van der Waals surface area contributed by atoms with Crippen LogP contribution >= 0.6 is 0 Å². The van der Waals surface area contributed by atoms with Gasteiger partial charge >= 0.3 is 0 Å². The molecular formula is C39H26B2N2O3. The molecule has 0 aliphatic rings. The number of imidazole rings is 1. The van der Waals surface area contributed by atoms with Crippen molar-refractivity contribution >= 4 is 59.0 Å². The first-order chi connectivity index (χ1) is 22.2. The van der Waals surface area contributed by atoms with Gasteiger partial charge in [0.2, 0.25) is 0 Å². The molecule has 1 unspecified atom stereocenters. The van der Waals surface area contributed by atoms with Crippen molar-refractivity contribution in [1.29, 1.82) is 0 Å². The van der Waals surface area contributed by atoms with E-state index < -0.39 is 11.2 Å².